The molecule has 166 valence electrons. The number of nitrogens with one attached hydrogen (secondary N) is 1. The molecule has 1 aliphatic heterocycles. The lowest BCUT2D eigenvalue weighted by atomic mass is 10.2. The number of benzene rings is 3. The van der Waals surface area contributed by atoms with Crippen LogP contribution in [0.1, 0.15) is 15.9 Å². The average molecular weight is 470 g/mol. The van der Waals surface area contributed by atoms with Crippen LogP contribution in [0.2, 0.25) is 5.02 Å². The van der Waals surface area contributed by atoms with E-state index in [-0.39, 0.29) is 15.5 Å². The average Bonchev–Trinajstić information content (AvgIpc) is 2.81. The molecule has 8 heteroatoms. The molecule has 1 fully saturated rings. The second-order valence-electron chi connectivity index (χ2n) is 7.69. The van der Waals surface area contributed by atoms with Crippen molar-refractivity contribution in [3.8, 4) is 0 Å². The molecule has 4 rings (SSSR count). The SMILES string of the molecule is Cc1ccc(NC(=O)c2cc(S(=O)(=O)N3CCN(c4ccccc4)CC3)ccc2Cl)cc1. The predicted molar refractivity (Wildman–Crippen MR) is 128 cm³/mol. The molecule has 1 aliphatic rings. The zero-order valence-corrected chi connectivity index (χ0v) is 19.2. The Morgan fingerprint density at radius 1 is 0.906 bits per heavy atom. The molecule has 1 saturated heterocycles. The van der Waals surface area contributed by atoms with Gasteiger partial charge in [-0.15, -0.1) is 0 Å². The maximum absolute atomic E-state index is 13.2. The number of nitrogens with zero attached hydrogens (tertiary/aromatic N) is 2. The van der Waals surface area contributed by atoms with Gasteiger partial charge in [0, 0.05) is 37.6 Å². The van der Waals surface area contributed by atoms with Crippen molar-refractivity contribution in [3.05, 3.63) is 88.9 Å². The number of halogens is 1. The highest BCUT2D eigenvalue weighted by atomic mass is 35.5. The molecule has 3 aromatic carbocycles. The zero-order valence-electron chi connectivity index (χ0n) is 17.7. The second-order valence-corrected chi connectivity index (χ2v) is 10.0. The van der Waals surface area contributed by atoms with E-state index in [0.29, 0.717) is 31.9 Å². The molecule has 6 nitrogen and oxygen atoms in total. The molecule has 32 heavy (non-hydrogen) atoms. The first-order valence-electron chi connectivity index (χ1n) is 10.3. The third-order valence-corrected chi connectivity index (χ3v) is 7.71. The summed E-state index contributed by atoms with van der Waals surface area (Å²) in [6, 6.07) is 21.5. The lowest BCUT2D eigenvalue weighted by molar-refractivity contribution is 0.102. The van der Waals surface area contributed by atoms with Gasteiger partial charge in [-0.05, 0) is 49.4 Å². The van der Waals surface area contributed by atoms with Crippen molar-refractivity contribution >= 4 is 38.9 Å². The third kappa shape index (κ3) is 4.80. The lowest BCUT2D eigenvalue weighted by Crippen LogP contribution is -2.48. The Morgan fingerprint density at radius 3 is 2.22 bits per heavy atom. The molecular weight excluding hydrogens is 446 g/mol. The van der Waals surface area contributed by atoms with E-state index in [0.717, 1.165) is 11.3 Å². The van der Waals surface area contributed by atoms with Gasteiger partial charge in [0.1, 0.15) is 0 Å². The fourth-order valence-corrected chi connectivity index (χ4v) is 5.30. The molecule has 3 aromatic rings. The number of hydrogen-bond donors (Lipinski definition) is 1. The van der Waals surface area contributed by atoms with E-state index in [2.05, 4.69) is 10.2 Å². The summed E-state index contributed by atoms with van der Waals surface area (Å²) in [5.74, 6) is -0.454. The maximum Gasteiger partial charge on any atom is 0.257 e. The number of carbonyl (C=O) groups excluding carboxylic acids is 1. The maximum atomic E-state index is 13.2. The molecule has 0 aromatic heterocycles. The normalized spacial score (nSPS) is 14.9. The van der Waals surface area contributed by atoms with Crippen LogP contribution in [0.3, 0.4) is 0 Å². The van der Waals surface area contributed by atoms with Gasteiger partial charge in [0.15, 0.2) is 0 Å². The van der Waals surface area contributed by atoms with E-state index in [9.17, 15) is 13.2 Å². The molecule has 0 unspecified atom stereocenters. The number of amides is 1. The smallest absolute Gasteiger partial charge is 0.257 e. The van der Waals surface area contributed by atoms with Gasteiger partial charge in [-0.2, -0.15) is 4.31 Å². The van der Waals surface area contributed by atoms with Crippen LogP contribution < -0.4 is 10.2 Å². The Morgan fingerprint density at radius 2 is 1.56 bits per heavy atom. The number of aryl methyl sites for hydroxylation is 1. The largest absolute Gasteiger partial charge is 0.369 e. The van der Waals surface area contributed by atoms with E-state index in [1.165, 1.54) is 22.5 Å². The fraction of sp³-hybridized carbons (Fsp3) is 0.208. The van der Waals surface area contributed by atoms with Crippen molar-refractivity contribution in [2.45, 2.75) is 11.8 Å². The summed E-state index contributed by atoms with van der Waals surface area (Å²) in [4.78, 5) is 15.0. The van der Waals surface area contributed by atoms with Crippen molar-refractivity contribution < 1.29 is 13.2 Å². The Kier molecular flexibility index (Phi) is 6.50. The van der Waals surface area contributed by atoms with Crippen LogP contribution in [0.25, 0.3) is 0 Å². The molecule has 1 amide bonds. The van der Waals surface area contributed by atoms with Gasteiger partial charge >= 0.3 is 0 Å². The lowest BCUT2D eigenvalue weighted by Gasteiger charge is -2.35. The van der Waals surface area contributed by atoms with Crippen LogP contribution in [0.4, 0.5) is 11.4 Å². The number of piperazine rings is 1. The van der Waals surface area contributed by atoms with Gasteiger partial charge in [0.25, 0.3) is 5.91 Å². The highest BCUT2D eigenvalue weighted by Crippen LogP contribution is 2.26. The molecule has 1 heterocycles. The molecule has 0 saturated carbocycles. The molecule has 1 N–H and O–H groups in total. The quantitative estimate of drug-likeness (QED) is 0.600. The van der Waals surface area contributed by atoms with Gasteiger partial charge in [-0.25, -0.2) is 8.42 Å². The number of carbonyl (C=O) groups is 1. The van der Waals surface area contributed by atoms with Gasteiger partial charge in [-0.3, -0.25) is 4.79 Å². The molecule has 0 radical (unpaired) electrons. The minimum Gasteiger partial charge on any atom is -0.369 e. The second kappa shape index (κ2) is 9.32. The van der Waals surface area contributed by atoms with Crippen LogP contribution in [-0.2, 0) is 10.0 Å². The Hall–Kier alpha value is -2.87. The minimum atomic E-state index is -3.75. The number of hydrogen-bond acceptors (Lipinski definition) is 4. The summed E-state index contributed by atoms with van der Waals surface area (Å²) in [6.07, 6.45) is 0. The summed E-state index contributed by atoms with van der Waals surface area (Å²) < 4.78 is 27.9. The van der Waals surface area contributed by atoms with E-state index >= 15 is 0 Å². The molecule has 0 spiro atoms. The molecular formula is C24H24ClN3O3S. The standard InChI is InChI=1S/C24H24ClN3O3S/c1-18-7-9-19(10-8-18)26-24(29)22-17-21(11-12-23(22)25)32(30,31)28-15-13-27(14-16-28)20-5-3-2-4-6-20/h2-12,17H,13-16H2,1H3,(H,26,29). The van der Waals surface area contributed by atoms with Crippen molar-refractivity contribution in [2.75, 3.05) is 36.4 Å². The molecule has 0 aliphatic carbocycles. The Labute approximate surface area is 193 Å². The summed E-state index contributed by atoms with van der Waals surface area (Å²) in [6.45, 7) is 3.88. The Balaban J connectivity index is 1.50. The molecule has 0 bridgehead atoms. The van der Waals surface area contributed by atoms with Crippen LogP contribution >= 0.6 is 11.6 Å². The van der Waals surface area contributed by atoms with Crippen LogP contribution in [0.5, 0.6) is 0 Å². The van der Waals surface area contributed by atoms with Crippen molar-refractivity contribution in [1.82, 2.24) is 4.31 Å². The zero-order chi connectivity index (χ0) is 22.7. The number of sulfonamides is 1. The van der Waals surface area contributed by atoms with Gasteiger partial charge in [0.05, 0.1) is 15.5 Å². The highest BCUT2D eigenvalue weighted by molar-refractivity contribution is 7.89. The molecule has 0 atom stereocenters. The topological polar surface area (TPSA) is 69.7 Å². The van der Waals surface area contributed by atoms with Gasteiger partial charge in [0.2, 0.25) is 10.0 Å². The minimum absolute atomic E-state index is 0.0594. The first kappa shape index (κ1) is 22.3. The highest BCUT2D eigenvalue weighted by Gasteiger charge is 2.29. The van der Waals surface area contributed by atoms with Crippen LogP contribution in [-0.4, -0.2) is 44.8 Å². The summed E-state index contributed by atoms with van der Waals surface area (Å²) in [5, 5.41) is 2.97. The van der Waals surface area contributed by atoms with E-state index in [4.69, 9.17) is 11.6 Å². The fourth-order valence-electron chi connectivity index (χ4n) is 3.65. The van der Waals surface area contributed by atoms with Crippen LogP contribution in [0, 0.1) is 6.92 Å². The number of rotatable bonds is 5. The predicted octanol–water partition coefficient (Wildman–Crippen LogP) is 4.41. The van der Waals surface area contributed by atoms with Crippen LogP contribution in [0.15, 0.2) is 77.7 Å². The van der Waals surface area contributed by atoms with E-state index in [1.807, 2.05) is 49.4 Å². The monoisotopic (exact) mass is 469 g/mol. The van der Waals surface area contributed by atoms with Crippen molar-refractivity contribution in [2.24, 2.45) is 0 Å². The summed E-state index contributed by atoms with van der Waals surface area (Å²) >= 11 is 6.23. The van der Waals surface area contributed by atoms with E-state index < -0.39 is 15.9 Å². The van der Waals surface area contributed by atoms with Crippen molar-refractivity contribution in [3.63, 3.8) is 0 Å². The van der Waals surface area contributed by atoms with Gasteiger partial charge < -0.3 is 10.2 Å². The van der Waals surface area contributed by atoms with Gasteiger partial charge in [-0.1, -0.05) is 47.5 Å². The van der Waals surface area contributed by atoms with Crippen molar-refractivity contribution in [1.29, 1.82) is 0 Å². The number of anilines is 2. The first-order valence-corrected chi connectivity index (χ1v) is 12.1. The third-order valence-electron chi connectivity index (χ3n) is 5.49. The first-order chi connectivity index (χ1) is 15.3. The summed E-state index contributed by atoms with van der Waals surface area (Å²) in [7, 11) is -3.75. The number of para-hydroxylation sites is 1. The Bertz CT molecular complexity index is 1210. The summed E-state index contributed by atoms with van der Waals surface area (Å²) in [5.41, 5.74) is 2.88. The van der Waals surface area contributed by atoms with E-state index in [1.54, 1.807) is 12.1 Å².